The van der Waals surface area contributed by atoms with Gasteiger partial charge in [-0.2, -0.15) is 0 Å². The highest BCUT2D eigenvalue weighted by atomic mass is 32.1. The van der Waals surface area contributed by atoms with E-state index in [0.29, 0.717) is 23.4 Å². The van der Waals surface area contributed by atoms with Crippen molar-refractivity contribution in [1.29, 1.82) is 0 Å². The van der Waals surface area contributed by atoms with Gasteiger partial charge in [-0.3, -0.25) is 9.36 Å². The Balaban J connectivity index is 1.83. The van der Waals surface area contributed by atoms with Crippen molar-refractivity contribution in [1.82, 2.24) is 9.55 Å². The molecule has 0 saturated heterocycles. The van der Waals surface area contributed by atoms with Crippen molar-refractivity contribution in [2.24, 2.45) is 0 Å². The molecule has 6 heteroatoms. The van der Waals surface area contributed by atoms with Crippen molar-refractivity contribution in [2.75, 3.05) is 14.2 Å². The molecule has 0 bridgehead atoms. The molecule has 0 aliphatic heterocycles. The quantitative estimate of drug-likeness (QED) is 0.522. The highest BCUT2D eigenvalue weighted by Gasteiger charge is 2.14. The molecule has 2 heterocycles. The molecule has 27 heavy (non-hydrogen) atoms. The third-order valence-corrected chi connectivity index (χ3v) is 5.36. The van der Waals surface area contributed by atoms with Crippen LogP contribution in [0.25, 0.3) is 21.3 Å². The number of methoxy groups -OCH3 is 2. The third-order valence-electron chi connectivity index (χ3n) is 4.47. The predicted molar refractivity (Wildman–Crippen MR) is 108 cm³/mol. The lowest BCUT2D eigenvalue weighted by molar-refractivity contribution is 0.397. The van der Waals surface area contributed by atoms with E-state index < -0.39 is 0 Å². The summed E-state index contributed by atoms with van der Waals surface area (Å²) in [4.78, 5) is 18.4. The second-order valence-corrected chi connectivity index (χ2v) is 6.91. The number of ether oxygens (including phenoxy) is 2. The van der Waals surface area contributed by atoms with Crippen LogP contribution in [0.4, 0.5) is 0 Å². The maximum absolute atomic E-state index is 13.2. The van der Waals surface area contributed by atoms with Gasteiger partial charge in [0.2, 0.25) is 0 Å². The van der Waals surface area contributed by atoms with E-state index in [1.807, 2.05) is 53.9 Å². The van der Waals surface area contributed by atoms with E-state index in [1.165, 1.54) is 11.3 Å². The molecule has 0 saturated carbocycles. The Labute approximate surface area is 160 Å². The fourth-order valence-corrected chi connectivity index (χ4v) is 4.01. The fourth-order valence-electron chi connectivity index (χ4n) is 3.10. The molecule has 0 atom stereocenters. The number of benzene rings is 2. The molecule has 0 fully saturated rings. The average molecular weight is 378 g/mol. The predicted octanol–water partition coefficient (Wildman–Crippen LogP) is 4.19. The maximum Gasteiger partial charge on any atom is 0.263 e. The van der Waals surface area contributed by atoms with Crippen LogP contribution < -0.4 is 15.0 Å². The first-order valence-electron chi connectivity index (χ1n) is 8.44. The van der Waals surface area contributed by atoms with E-state index in [2.05, 4.69) is 4.98 Å². The molecular weight excluding hydrogens is 360 g/mol. The summed E-state index contributed by atoms with van der Waals surface area (Å²) in [5.41, 5.74) is 2.72. The number of hydrogen-bond acceptors (Lipinski definition) is 5. The van der Waals surface area contributed by atoms with E-state index in [0.717, 1.165) is 21.5 Å². The number of aromatic nitrogens is 2. The number of fused-ring (bicyclic) bond motifs is 1. The van der Waals surface area contributed by atoms with Crippen LogP contribution in [0.1, 0.15) is 5.56 Å². The average Bonchev–Trinajstić information content (AvgIpc) is 3.15. The highest BCUT2D eigenvalue weighted by Crippen LogP contribution is 2.30. The van der Waals surface area contributed by atoms with Gasteiger partial charge in [0.25, 0.3) is 5.56 Å². The van der Waals surface area contributed by atoms with Crippen LogP contribution in [0.3, 0.4) is 0 Å². The normalized spacial score (nSPS) is 10.9. The minimum Gasteiger partial charge on any atom is -0.497 e. The van der Waals surface area contributed by atoms with Gasteiger partial charge in [-0.05, 0) is 23.8 Å². The molecule has 136 valence electrons. The van der Waals surface area contributed by atoms with Gasteiger partial charge in [-0.25, -0.2) is 4.98 Å². The zero-order valence-electron chi connectivity index (χ0n) is 15.0. The van der Waals surface area contributed by atoms with Crippen LogP contribution in [-0.4, -0.2) is 23.8 Å². The Morgan fingerprint density at radius 1 is 1.07 bits per heavy atom. The van der Waals surface area contributed by atoms with Gasteiger partial charge in [0.05, 0.1) is 32.5 Å². The Hall–Kier alpha value is -3.12. The summed E-state index contributed by atoms with van der Waals surface area (Å²) in [5, 5.41) is 2.64. The fraction of sp³-hybridized carbons (Fsp3) is 0.143. The Kier molecular flexibility index (Phi) is 4.64. The molecule has 2 aromatic heterocycles. The van der Waals surface area contributed by atoms with Crippen LogP contribution >= 0.6 is 11.3 Å². The number of thiophene rings is 1. The maximum atomic E-state index is 13.2. The Bertz CT molecular complexity index is 1150. The first-order chi connectivity index (χ1) is 13.2. The van der Waals surface area contributed by atoms with E-state index in [-0.39, 0.29) is 5.56 Å². The minimum absolute atomic E-state index is 0.0648. The summed E-state index contributed by atoms with van der Waals surface area (Å²) < 4.78 is 12.3. The van der Waals surface area contributed by atoms with E-state index >= 15 is 0 Å². The number of hydrogen-bond donors (Lipinski definition) is 0. The second kappa shape index (κ2) is 7.25. The zero-order valence-corrected chi connectivity index (χ0v) is 15.8. The van der Waals surface area contributed by atoms with Gasteiger partial charge in [0.15, 0.2) is 0 Å². The van der Waals surface area contributed by atoms with Crippen LogP contribution in [0, 0.1) is 0 Å². The smallest absolute Gasteiger partial charge is 0.263 e. The summed E-state index contributed by atoms with van der Waals surface area (Å²) in [7, 11) is 3.23. The summed E-state index contributed by atoms with van der Waals surface area (Å²) in [5.74, 6) is 1.42. The standard InChI is InChI=1S/C21H18N2O3S/c1-25-16-8-9-18(26-2)15(10-16)11-23-13-22-20-19(21(23)24)17(12-27-20)14-6-4-3-5-7-14/h3-10,12-13H,11H2,1-2H3. The largest absolute Gasteiger partial charge is 0.497 e. The molecule has 0 N–H and O–H groups in total. The monoisotopic (exact) mass is 378 g/mol. The first-order valence-corrected chi connectivity index (χ1v) is 9.32. The lowest BCUT2D eigenvalue weighted by Gasteiger charge is -2.12. The molecule has 2 aromatic carbocycles. The molecule has 0 aliphatic rings. The van der Waals surface area contributed by atoms with Crippen LogP contribution in [0.5, 0.6) is 11.5 Å². The van der Waals surface area contributed by atoms with E-state index in [9.17, 15) is 4.79 Å². The van der Waals surface area contributed by atoms with Crippen molar-refractivity contribution >= 4 is 21.6 Å². The molecule has 0 amide bonds. The van der Waals surface area contributed by atoms with Crippen molar-refractivity contribution in [3.63, 3.8) is 0 Å². The summed E-state index contributed by atoms with van der Waals surface area (Å²) in [6.07, 6.45) is 1.59. The van der Waals surface area contributed by atoms with Crippen molar-refractivity contribution in [2.45, 2.75) is 6.54 Å². The van der Waals surface area contributed by atoms with Crippen molar-refractivity contribution in [3.05, 3.63) is 76.2 Å². The van der Waals surface area contributed by atoms with Gasteiger partial charge in [0, 0.05) is 16.5 Å². The molecule has 4 aromatic rings. The summed E-state index contributed by atoms with van der Waals surface area (Å²) >= 11 is 1.48. The lowest BCUT2D eigenvalue weighted by Crippen LogP contribution is -2.21. The SMILES string of the molecule is COc1ccc(OC)c(Cn2cnc3scc(-c4ccccc4)c3c2=O)c1. The van der Waals surface area contributed by atoms with Gasteiger partial charge < -0.3 is 9.47 Å². The van der Waals surface area contributed by atoms with Gasteiger partial charge in [-0.1, -0.05) is 30.3 Å². The molecule has 0 spiro atoms. The van der Waals surface area contributed by atoms with E-state index in [1.54, 1.807) is 25.1 Å². The second-order valence-electron chi connectivity index (χ2n) is 6.05. The molecule has 5 nitrogen and oxygen atoms in total. The van der Waals surface area contributed by atoms with E-state index in [4.69, 9.17) is 9.47 Å². The minimum atomic E-state index is -0.0648. The zero-order chi connectivity index (χ0) is 18.8. The Morgan fingerprint density at radius 3 is 2.63 bits per heavy atom. The lowest BCUT2D eigenvalue weighted by atomic mass is 10.1. The molecule has 0 aliphatic carbocycles. The molecule has 0 unspecified atom stereocenters. The number of rotatable bonds is 5. The van der Waals surface area contributed by atoms with Crippen molar-refractivity contribution in [3.8, 4) is 22.6 Å². The van der Waals surface area contributed by atoms with Gasteiger partial charge in [-0.15, -0.1) is 11.3 Å². The number of nitrogens with zero attached hydrogens (tertiary/aromatic N) is 2. The van der Waals surface area contributed by atoms with Crippen molar-refractivity contribution < 1.29 is 9.47 Å². The van der Waals surface area contributed by atoms with Gasteiger partial charge in [0.1, 0.15) is 16.3 Å². The Morgan fingerprint density at radius 2 is 1.89 bits per heavy atom. The van der Waals surface area contributed by atoms with Crippen LogP contribution in [-0.2, 0) is 6.54 Å². The highest BCUT2D eigenvalue weighted by molar-refractivity contribution is 7.17. The first kappa shape index (κ1) is 17.3. The third kappa shape index (κ3) is 3.19. The topological polar surface area (TPSA) is 53.4 Å². The van der Waals surface area contributed by atoms with Gasteiger partial charge >= 0.3 is 0 Å². The summed E-state index contributed by atoms with van der Waals surface area (Å²) in [6, 6.07) is 15.4. The molecule has 4 rings (SSSR count). The molecule has 0 radical (unpaired) electrons. The summed E-state index contributed by atoms with van der Waals surface area (Å²) in [6.45, 7) is 0.353. The van der Waals surface area contributed by atoms with Crippen LogP contribution in [0.2, 0.25) is 0 Å². The molecular formula is C21H18N2O3S. The van der Waals surface area contributed by atoms with Crippen LogP contribution in [0.15, 0.2) is 65.0 Å².